The van der Waals surface area contributed by atoms with Gasteiger partial charge >= 0.3 is 0 Å². The zero-order chi connectivity index (χ0) is 11.6. The second-order valence-corrected chi connectivity index (χ2v) is 3.71. The minimum absolute atomic E-state index is 0.611. The quantitative estimate of drug-likeness (QED) is 0.650. The number of ether oxygens (including phenoxy) is 1. The van der Waals surface area contributed by atoms with Crippen LogP contribution in [0.25, 0.3) is 0 Å². The first-order valence-corrected chi connectivity index (χ1v) is 5.90. The molecule has 0 saturated carbocycles. The molecule has 0 atom stereocenters. The van der Waals surface area contributed by atoms with E-state index in [-0.39, 0.29) is 0 Å². The fraction of sp³-hybridized carbons (Fsp3) is 0.818. The maximum Gasteiger partial charge on any atom is 0.230 e. The average molecular weight is 227 g/mol. The molecule has 0 bridgehead atoms. The highest BCUT2D eigenvalue weighted by Gasteiger charge is 2.00. The van der Waals surface area contributed by atoms with Gasteiger partial charge in [0.25, 0.3) is 0 Å². The van der Waals surface area contributed by atoms with E-state index in [1.807, 2.05) is 0 Å². The van der Waals surface area contributed by atoms with E-state index in [4.69, 9.17) is 9.15 Å². The minimum atomic E-state index is 0.611. The molecular formula is C11H21N3O2. The summed E-state index contributed by atoms with van der Waals surface area (Å²) in [5, 5.41) is 10.9. The van der Waals surface area contributed by atoms with Gasteiger partial charge in [0.1, 0.15) is 0 Å². The summed E-state index contributed by atoms with van der Waals surface area (Å²) in [4.78, 5) is 0. The van der Waals surface area contributed by atoms with Gasteiger partial charge in [-0.15, -0.1) is 10.2 Å². The summed E-state index contributed by atoms with van der Waals surface area (Å²) < 4.78 is 10.7. The molecule has 0 spiro atoms. The molecule has 0 radical (unpaired) electrons. The number of aromatic nitrogens is 2. The topological polar surface area (TPSA) is 60.2 Å². The molecule has 0 aliphatic rings. The van der Waals surface area contributed by atoms with E-state index in [9.17, 15) is 0 Å². The van der Waals surface area contributed by atoms with Crippen LogP contribution in [0, 0.1) is 6.92 Å². The molecule has 16 heavy (non-hydrogen) atoms. The Morgan fingerprint density at radius 1 is 1.25 bits per heavy atom. The summed E-state index contributed by atoms with van der Waals surface area (Å²) in [5.41, 5.74) is 0. The smallest absolute Gasteiger partial charge is 0.230 e. The Morgan fingerprint density at radius 2 is 2.06 bits per heavy atom. The van der Waals surface area contributed by atoms with Crippen molar-refractivity contribution in [2.75, 3.05) is 19.8 Å². The normalized spacial score (nSPS) is 10.9. The number of nitrogens with zero attached hydrogens (tertiary/aromatic N) is 2. The second-order valence-electron chi connectivity index (χ2n) is 3.71. The Hall–Kier alpha value is -0.940. The summed E-state index contributed by atoms with van der Waals surface area (Å²) in [6.45, 7) is 7.19. The number of unbranched alkanes of at least 4 members (excludes halogenated alkanes) is 1. The number of hydrogen-bond donors (Lipinski definition) is 1. The molecule has 0 aliphatic carbocycles. The standard InChI is InChI=1S/C11H21N3O2/c1-3-4-7-15-8-5-6-12-9-11-14-13-10(2)16-11/h12H,3-9H2,1-2H3. The van der Waals surface area contributed by atoms with Crippen molar-refractivity contribution in [1.29, 1.82) is 0 Å². The molecule has 0 fully saturated rings. The Morgan fingerprint density at radius 3 is 2.75 bits per heavy atom. The molecule has 1 aromatic rings. The third-order valence-electron chi connectivity index (χ3n) is 2.13. The number of nitrogens with one attached hydrogen (secondary N) is 1. The lowest BCUT2D eigenvalue weighted by Crippen LogP contribution is -2.16. The molecule has 0 aromatic carbocycles. The highest BCUT2D eigenvalue weighted by atomic mass is 16.5. The van der Waals surface area contributed by atoms with Crippen LogP contribution in [0.1, 0.15) is 38.0 Å². The Balaban J connectivity index is 1.88. The van der Waals surface area contributed by atoms with E-state index < -0.39 is 0 Å². The predicted molar refractivity (Wildman–Crippen MR) is 61.1 cm³/mol. The molecule has 92 valence electrons. The molecule has 5 heteroatoms. The molecule has 0 saturated heterocycles. The van der Waals surface area contributed by atoms with Crippen molar-refractivity contribution in [3.8, 4) is 0 Å². The monoisotopic (exact) mass is 227 g/mol. The van der Waals surface area contributed by atoms with Crippen LogP contribution in [0.2, 0.25) is 0 Å². The van der Waals surface area contributed by atoms with Crippen LogP contribution in [0.4, 0.5) is 0 Å². The molecule has 0 aliphatic heterocycles. The van der Waals surface area contributed by atoms with Gasteiger partial charge in [0.15, 0.2) is 0 Å². The largest absolute Gasteiger partial charge is 0.424 e. The van der Waals surface area contributed by atoms with E-state index in [1.165, 1.54) is 6.42 Å². The van der Waals surface area contributed by atoms with Gasteiger partial charge < -0.3 is 14.5 Å². The summed E-state index contributed by atoms with van der Waals surface area (Å²) in [6.07, 6.45) is 3.35. The average Bonchev–Trinajstić information content (AvgIpc) is 2.68. The van der Waals surface area contributed by atoms with Gasteiger partial charge in [-0.05, 0) is 19.4 Å². The molecule has 0 amide bonds. The summed E-state index contributed by atoms with van der Waals surface area (Å²) in [7, 11) is 0. The summed E-state index contributed by atoms with van der Waals surface area (Å²) >= 11 is 0. The molecule has 1 aromatic heterocycles. The third-order valence-corrected chi connectivity index (χ3v) is 2.13. The van der Waals surface area contributed by atoms with Crippen LogP contribution in [-0.4, -0.2) is 30.0 Å². The van der Waals surface area contributed by atoms with Gasteiger partial charge in [0.05, 0.1) is 6.54 Å². The first kappa shape index (κ1) is 13.1. The van der Waals surface area contributed by atoms with E-state index in [2.05, 4.69) is 22.4 Å². The zero-order valence-corrected chi connectivity index (χ0v) is 10.2. The SMILES string of the molecule is CCCCOCCCNCc1nnc(C)o1. The summed E-state index contributed by atoms with van der Waals surface area (Å²) in [5.74, 6) is 1.25. The van der Waals surface area contributed by atoms with Crippen molar-refractivity contribution in [2.24, 2.45) is 0 Å². The highest BCUT2D eigenvalue weighted by molar-refractivity contribution is 4.77. The predicted octanol–water partition coefficient (Wildman–Crippen LogP) is 1.67. The third kappa shape index (κ3) is 5.82. The van der Waals surface area contributed by atoms with Crippen molar-refractivity contribution in [3.63, 3.8) is 0 Å². The van der Waals surface area contributed by atoms with Crippen LogP contribution < -0.4 is 5.32 Å². The molecule has 1 heterocycles. The lowest BCUT2D eigenvalue weighted by molar-refractivity contribution is 0.128. The molecule has 1 rings (SSSR count). The molecule has 5 nitrogen and oxygen atoms in total. The maximum absolute atomic E-state index is 5.44. The first-order chi connectivity index (χ1) is 7.83. The van der Waals surface area contributed by atoms with Crippen molar-refractivity contribution in [2.45, 2.75) is 39.7 Å². The van der Waals surface area contributed by atoms with Crippen molar-refractivity contribution in [3.05, 3.63) is 11.8 Å². The van der Waals surface area contributed by atoms with Crippen LogP contribution >= 0.6 is 0 Å². The van der Waals surface area contributed by atoms with Crippen molar-refractivity contribution >= 4 is 0 Å². The second kappa shape index (κ2) is 8.24. The van der Waals surface area contributed by atoms with Gasteiger partial charge in [-0.3, -0.25) is 0 Å². The molecule has 1 N–H and O–H groups in total. The van der Waals surface area contributed by atoms with Crippen LogP contribution in [0.15, 0.2) is 4.42 Å². The van der Waals surface area contributed by atoms with Crippen LogP contribution in [-0.2, 0) is 11.3 Å². The van der Waals surface area contributed by atoms with Crippen molar-refractivity contribution in [1.82, 2.24) is 15.5 Å². The summed E-state index contributed by atoms with van der Waals surface area (Å²) in [6, 6.07) is 0. The highest BCUT2D eigenvalue weighted by Crippen LogP contribution is 1.96. The van der Waals surface area contributed by atoms with Gasteiger partial charge in [0, 0.05) is 20.1 Å². The zero-order valence-electron chi connectivity index (χ0n) is 10.2. The molecular weight excluding hydrogens is 206 g/mol. The molecule has 0 unspecified atom stereocenters. The number of hydrogen-bond acceptors (Lipinski definition) is 5. The Labute approximate surface area is 96.6 Å². The fourth-order valence-electron chi connectivity index (χ4n) is 1.25. The fourth-order valence-corrected chi connectivity index (χ4v) is 1.25. The van der Waals surface area contributed by atoms with Gasteiger partial charge in [-0.1, -0.05) is 13.3 Å². The number of rotatable bonds is 9. The maximum atomic E-state index is 5.44. The van der Waals surface area contributed by atoms with Gasteiger partial charge in [-0.25, -0.2) is 0 Å². The van der Waals surface area contributed by atoms with Crippen molar-refractivity contribution < 1.29 is 9.15 Å². The van der Waals surface area contributed by atoms with E-state index in [0.717, 1.165) is 32.6 Å². The van der Waals surface area contributed by atoms with Crippen LogP contribution in [0.5, 0.6) is 0 Å². The van der Waals surface area contributed by atoms with E-state index in [1.54, 1.807) is 6.92 Å². The lowest BCUT2D eigenvalue weighted by Gasteiger charge is -2.03. The Bertz CT molecular complexity index is 276. The van der Waals surface area contributed by atoms with Gasteiger partial charge in [-0.2, -0.15) is 0 Å². The lowest BCUT2D eigenvalue weighted by atomic mass is 10.4. The first-order valence-electron chi connectivity index (χ1n) is 5.90. The minimum Gasteiger partial charge on any atom is -0.424 e. The Kier molecular flexibility index (Phi) is 6.76. The number of aryl methyl sites for hydroxylation is 1. The van der Waals surface area contributed by atoms with Crippen LogP contribution in [0.3, 0.4) is 0 Å². The van der Waals surface area contributed by atoms with E-state index >= 15 is 0 Å². The van der Waals surface area contributed by atoms with E-state index in [0.29, 0.717) is 18.3 Å². The van der Waals surface area contributed by atoms with Gasteiger partial charge in [0.2, 0.25) is 11.8 Å².